The highest BCUT2D eigenvalue weighted by molar-refractivity contribution is 9.10. The van der Waals surface area contributed by atoms with Crippen LogP contribution in [0, 0.1) is 11.3 Å². The molecule has 3 rings (SSSR count). The van der Waals surface area contributed by atoms with E-state index in [-0.39, 0.29) is 10.0 Å². The molecule has 8 nitrogen and oxygen atoms in total. The molecule has 0 unspecified atom stereocenters. The second kappa shape index (κ2) is 8.18. The molecule has 0 spiro atoms. The quantitative estimate of drug-likeness (QED) is 0.588. The Labute approximate surface area is 174 Å². The van der Waals surface area contributed by atoms with Crippen LogP contribution in [0.25, 0.3) is 5.13 Å². The van der Waals surface area contributed by atoms with E-state index in [0.717, 1.165) is 23.5 Å². The topological polar surface area (TPSA) is 106 Å². The van der Waals surface area contributed by atoms with Gasteiger partial charge in [-0.2, -0.15) is 15.0 Å². The molecule has 0 aliphatic heterocycles. The number of thiazole rings is 1. The number of aromatic nitrogens is 4. The number of amides is 1. The average Bonchev–Trinajstić information content (AvgIpc) is 3.28. The lowest BCUT2D eigenvalue weighted by molar-refractivity contribution is -0.274. The predicted molar refractivity (Wildman–Crippen MR) is 98.5 cm³/mol. The number of nitrogens with one attached hydrogen (secondary N) is 1. The number of rotatable bonds is 5. The lowest BCUT2D eigenvalue weighted by atomic mass is 10.2. The van der Waals surface area contributed by atoms with Gasteiger partial charge in [0, 0.05) is 10.0 Å². The summed E-state index contributed by atoms with van der Waals surface area (Å²) in [4.78, 5) is 21.1. The Balaban J connectivity index is 1.80. The third kappa shape index (κ3) is 5.09. The number of halogens is 4. The number of benzene rings is 1. The Morgan fingerprint density at radius 3 is 2.79 bits per heavy atom. The summed E-state index contributed by atoms with van der Waals surface area (Å²) < 4.78 is 42.8. The Kier molecular flexibility index (Phi) is 5.85. The van der Waals surface area contributed by atoms with Crippen LogP contribution in [0.2, 0.25) is 0 Å². The molecule has 2 aromatic heterocycles. The first-order valence-corrected chi connectivity index (χ1v) is 9.40. The summed E-state index contributed by atoms with van der Waals surface area (Å²) in [5.41, 5.74) is -0.0439. The van der Waals surface area contributed by atoms with Gasteiger partial charge in [-0.25, -0.2) is 9.97 Å². The Morgan fingerprint density at radius 2 is 2.14 bits per heavy atom. The number of carbonyl (C=O) groups excluding carboxylic acids is 1. The van der Waals surface area contributed by atoms with Crippen LogP contribution in [0.4, 0.5) is 13.2 Å². The maximum Gasteiger partial charge on any atom is 0.573 e. The Morgan fingerprint density at radius 1 is 1.38 bits per heavy atom. The van der Waals surface area contributed by atoms with Gasteiger partial charge >= 0.3 is 6.36 Å². The Hall–Kier alpha value is -2.98. The molecule has 0 aliphatic carbocycles. The molecule has 1 aromatic carbocycles. The highest BCUT2D eigenvalue weighted by atomic mass is 79.9. The highest BCUT2D eigenvalue weighted by Crippen LogP contribution is 2.27. The van der Waals surface area contributed by atoms with Crippen LogP contribution in [0.3, 0.4) is 0 Å². The molecule has 0 saturated heterocycles. The molecule has 1 amide bonds. The molecule has 0 aliphatic rings. The number of hydrogen-bond acceptors (Lipinski definition) is 7. The number of carbonyl (C=O) groups is 1. The van der Waals surface area contributed by atoms with Crippen molar-refractivity contribution in [2.45, 2.75) is 19.3 Å². The highest BCUT2D eigenvalue weighted by Gasteiger charge is 2.31. The molecular weight excluding hydrogens is 477 g/mol. The molecule has 13 heteroatoms. The first-order chi connectivity index (χ1) is 13.7. The molecule has 0 bridgehead atoms. The van der Waals surface area contributed by atoms with Gasteiger partial charge in [-0.15, -0.1) is 13.2 Å². The van der Waals surface area contributed by atoms with E-state index in [1.165, 1.54) is 23.3 Å². The second-order valence-corrected chi connectivity index (χ2v) is 7.49. The largest absolute Gasteiger partial charge is 0.573 e. The maximum atomic E-state index is 12.5. The second-order valence-electron chi connectivity index (χ2n) is 5.57. The zero-order valence-electron chi connectivity index (χ0n) is 14.4. The van der Waals surface area contributed by atoms with Crippen LogP contribution >= 0.6 is 27.3 Å². The summed E-state index contributed by atoms with van der Waals surface area (Å²) in [5.74, 6) is -0.837. The van der Waals surface area contributed by atoms with Gasteiger partial charge in [0.25, 0.3) is 5.91 Å². The molecule has 150 valence electrons. The molecule has 0 fully saturated rings. The van der Waals surface area contributed by atoms with E-state index in [2.05, 4.69) is 41.1 Å². The van der Waals surface area contributed by atoms with Crippen LogP contribution in [-0.4, -0.2) is 32.0 Å². The minimum atomic E-state index is -4.88. The van der Waals surface area contributed by atoms with Crippen LogP contribution in [0.15, 0.2) is 35.2 Å². The lowest BCUT2D eigenvalue weighted by Gasteiger charge is -2.15. The molecule has 2 heterocycles. The van der Waals surface area contributed by atoms with Crippen molar-refractivity contribution in [1.29, 1.82) is 5.26 Å². The predicted octanol–water partition coefficient (Wildman–Crippen LogP) is 3.75. The summed E-state index contributed by atoms with van der Waals surface area (Å²) in [7, 11) is 0. The van der Waals surface area contributed by atoms with Crippen molar-refractivity contribution in [2.75, 3.05) is 0 Å². The smallest absolute Gasteiger partial charge is 0.406 e. The number of nitrogens with zero attached hydrogens (tertiary/aromatic N) is 5. The minimum absolute atomic E-state index is 0.0439. The standard InChI is InChI=1S/C16H10BrF3N6O2S/c1-8(13-23-7-24-26(13)15-22-6-12(5-21)29-15)25-14(27)9-2-10(17)4-11(3-9)28-16(18,19)20/h2-4,6-8H,1H3,(H,25,27)/t8-/m0/s1. The molecular formula is C16H10BrF3N6O2S. The van der Waals surface area contributed by atoms with E-state index in [0.29, 0.717) is 15.8 Å². The normalized spacial score (nSPS) is 12.3. The fraction of sp³-hybridized carbons (Fsp3) is 0.188. The van der Waals surface area contributed by atoms with Crippen molar-refractivity contribution in [3.05, 3.63) is 51.5 Å². The van der Waals surface area contributed by atoms with Crippen molar-refractivity contribution in [3.8, 4) is 17.0 Å². The Bertz CT molecular complexity index is 1090. The van der Waals surface area contributed by atoms with Crippen LogP contribution < -0.4 is 10.1 Å². The number of nitriles is 1. The minimum Gasteiger partial charge on any atom is -0.406 e. The summed E-state index contributed by atoms with van der Waals surface area (Å²) in [6.07, 6.45) is -2.23. The first-order valence-electron chi connectivity index (χ1n) is 7.79. The third-order valence-corrected chi connectivity index (χ3v) is 4.80. The molecule has 29 heavy (non-hydrogen) atoms. The monoisotopic (exact) mass is 486 g/mol. The van der Waals surface area contributed by atoms with E-state index >= 15 is 0 Å². The van der Waals surface area contributed by atoms with Gasteiger partial charge in [-0.1, -0.05) is 27.3 Å². The molecule has 0 saturated carbocycles. The van der Waals surface area contributed by atoms with E-state index in [4.69, 9.17) is 5.26 Å². The van der Waals surface area contributed by atoms with Crippen molar-refractivity contribution in [2.24, 2.45) is 0 Å². The van der Waals surface area contributed by atoms with Gasteiger partial charge in [0.05, 0.1) is 12.2 Å². The molecule has 0 radical (unpaired) electrons. The summed E-state index contributed by atoms with van der Waals surface area (Å²) >= 11 is 4.15. The zero-order chi connectivity index (χ0) is 21.2. The van der Waals surface area contributed by atoms with Crippen molar-refractivity contribution < 1.29 is 22.7 Å². The van der Waals surface area contributed by atoms with Gasteiger partial charge < -0.3 is 10.1 Å². The van der Waals surface area contributed by atoms with Gasteiger partial charge in [0.1, 0.15) is 23.0 Å². The van der Waals surface area contributed by atoms with E-state index in [1.54, 1.807) is 6.92 Å². The van der Waals surface area contributed by atoms with Crippen molar-refractivity contribution >= 4 is 33.2 Å². The zero-order valence-corrected chi connectivity index (χ0v) is 16.8. The first kappa shape index (κ1) is 20.7. The SMILES string of the molecule is C[C@H](NC(=O)c1cc(Br)cc(OC(F)(F)F)c1)c1ncnn1-c1ncc(C#N)s1. The number of hydrogen-bond donors (Lipinski definition) is 1. The van der Waals surface area contributed by atoms with Gasteiger partial charge in [-0.3, -0.25) is 4.79 Å². The third-order valence-electron chi connectivity index (χ3n) is 3.46. The fourth-order valence-electron chi connectivity index (χ4n) is 2.34. The molecule has 3 aromatic rings. The van der Waals surface area contributed by atoms with Gasteiger partial charge in [0.2, 0.25) is 5.13 Å². The summed E-state index contributed by atoms with van der Waals surface area (Å²) in [6.45, 7) is 1.63. The van der Waals surface area contributed by atoms with E-state index < -0.39 is 24.1 Å². The summed E-state index contributed by atoms with van der Waals surface area (Å²) in [5, 5.41) is 16.0. The van der Waals surface area contributed by atoms with Crippen LogP contribution in [-0.2, 0) is 0 Å². The number of ether oxygens (including phenoxy) is 1. The van der Waals surface area contributed by atoms with Crippen LogP contribution in [0.1, 0.15) is 34.0 Å². The van der Waals surface area contributed by atoms with E-state index in [1.807, 2.05) is 6.07 Å². The maximum absolute atomic E-state index is 12.5. The molecule has 1 atom stereocenters. The van der Waals surface area contributed by atoms with Crippen molar-refractivity contribution in [1.82, 2.24) is 25.1 Å². The van der Waals surface area contributed by atoms with Crippen molar-refractivity contribution in [3.63, 3.8) is 0 Å². The van der Waals surface area contributed by atoms with Gasteiger partial charge in [0.15, 0.2) is 5.82 Å². The number of alkyl halides is 3. The molecule has 1 N–H and O–H groups in total. The van der Waals surface area contributed by atoms with Gasteiger partial charge in [-0.05, 0) is 25.1 Å². The lowest BCUT2D eigenvalue weighted by Crippen LogP contribution is -2.29. The van der Waals surface area contributed by atoms with Crippen LogP contribution in [0.5, 0.6) is 5.75 Å². The van der Waals surface area contributed by atoms with E-state index in [9.17, 15) is 18.0 Å². The average molecular weight is 487 g/mol. The fourth-order valence-corrected chi connectivity index (χ4v) is 3.49. The summed E-state index contributed by atoms with van der Waals surface area (Å²) in [6, 6.07) is 4.74.